The first-order valence-electron chi connectivity index (χ1n) is 9.79. The van der Waals surface area contributed by atoms with Crippen LogP contribution in [0.25, 0.3) is 6.08 Å². The van der Waals surface area contributed by atoms with Gasteiger partial charge in [-0.1, -0.05) is 78.6 Å². The van der Waals surface area contributed by atoms with E-state index >= 15 is 0 Å². The molecule has 0 radical (unpaired) electrons. The second-order valence-corrected chi connectivity index (χ2v) is 8.61. The minimum atomic E-state index is -0.127. The molecule has 31 heavy (non-hydrogen) atoms. The van der Waals surface area contributed by atoms with Crippen LogP contribution in [0, 0.1) is 0 Å². The quantitative estimate of drug-likeness (QED) is 0.330. The first-order chi connectivity index (χ1) is 15.1. The van der Waals surface area contributed by atoms with E-state index in [0.29, 0.717) is 20.7 Å². The minimum absolute atomic E-state index is 0.122. The van der Waals surface area contributed by atoms with Crippen LogP contribution in [-0.2, 0) is 4.79 Å². The average molecular weight is 448 g/mol. The highest BCUT2D eigenvalue weighted by Crippen LogP contribution is 2.37. The van der Waals surface area contributed by atoms with Gasteiger partial charge in [-0.05, 0) is 48.4 Å². The number of rotatable bonds is 6. The van der Waals surface area contributed by atoms with E-state index in [9.17, 15) is 4.79 Å². The van der Waals surface area contributed by atoms with Gasteiger partial charge in [-0.2, -0.15) is 0 Å². The molecule has 1 unspecified atom stereocenters. The van der Waals surface area contributed by atoms with Gasteiger partial charge in [0, 0.05) is 0 Å². The fraction of sp³-hybridized carbons (Fsp3) is 0.120. The molecule has 1 fully saturated rings. The molecule has 0 saturated carbocycles. The number of thiocarbonyl (C=S) groups is 1. The van der Waals surface area contributed by atoms with Gasteiger partial charge in [0.15, 0.2) is 15.8 Å². The lowest BCUT2D eigenvalue weighted by molar-refractivity contribution is -0.113. The zero-order valence-corrected chi connectivity index (χ0v) is 18.8. The van der Waals surface area contributed by atoms with Gasteiger partial charge in [0.1, 0.15) is 6.10 Å². The largest absolute Gasteiger partial charge is 0.493 e. The Balaban J connectivity index is 1.56. The number of anilines is 1. The van der Waals surface area contributed by atoms with Gasteiger partial charge in [-0.15, -0.1) is 0 Å². The maximum absolute atomic E-state index is 12.9. The Kier molecular flexibility index (Phi) is 6.39. The normalized spacial score (nSPS) is 15.9. The van der Waals surface area contributed by atoms with E-state index in [1.165, 1.54) is 11.8 Å². The van der Waals surface area contributed by atoms with Crippen LogP contribution < -0.4 is 14.4 Å². The summed E-state index contributed by atoms with van der Waals surface area (Å²) in [5.41, 5.74) is 2.69. The van der Waals surface area contributed by atoms with E-state index in [0.717, 1.165) is 16.8 Å². The summed E-state index contributed by atoms with van der Waals surface area (Å²) in [4.78, 5) is 15.1. The molecule has 156 valence electrons. The number of hydrogen-bond donors (Lipinski definition) is 0. The first kappa shape index (κ1) is 21.2. The van der Waals surface area contributed by atoms with Crippen molar-refractivity contribution in [2.45, 2.75) is 13.0 Å². The second-order valence-electron chi connectivity index (χ2n) is 6.93. The molecule has 0 bridgehead atoms. The monoisotopic (exact) mass is 447 g/mol. The summed E-state index contributed by atoms with van der Waals surface area (Å²) in [6.07, 6.45) is 1.71. The molecule has 0 N–H and O–H groups in total. The molecule has 1 aliphatic rings. The lowest BCUT2D eigenvalue weighted by Gasteiger charge is -2.17. The number of nitrogens with zero attached hydrogens (tertiary/aromatic N) is 1. The highest BCUT2D eigenvalue weighted by atomic mass is 32.2. The Morgan fingerprint density at radius 3 is 2.32 bits per heavy atom. The van der Waals surface area contributed by atoms with Crippen molar-refractivity contribution in [3.63, 3.8) is 0 Å². The predicted molar refractivity (Wildman–Crippen MR) is 131 cm³/mol. The number of benzene rings is 3. The summed E-state index contributed by atoms with van der Waals surface area (Å²) in [6.45, 7) is 2.00. The summed E-state index contributed by atoms with van der Waals surface area (Å²) in [5.74, 6) is 1.13. The molecule has 1 aliphatic heterocycles. The third-order valence-corrected chi connectivity index (χ3v) is 6.17. The van der Waals surface area contributed by atoms with Crippen molar-refractivity contribution in [2.24, 2.45) is 0 Å². The molecule has 1 saturated heterocycles. The molecule has 0 aliphatic carbocycles. The number of hydrogen-bond acceptors (Lipinski definition) is 5. The van der Waals surface area contributed by atoms with Crippen LogP contribution in [0.4, 0.5) is 5.69 Å². The Bertz CT molecular complexity index is 1130. The van der Waals surface area contributed by atoms with Gasteiger partial charge in [0.05, 0.1) is 17.7 Å². The maximum atomic E-state index is 12.9. The molecular formula is C25H21NO3S2. The maximum Gasteiger partial charge on any atom is 0.270 e. The molecule has 0 spiro atoms. The van der Waals surface area contributed by atoms with Crippen molar-refractivity contribution < 1.29 is 14.3 Å². The van der Waals surface area contributed by atoms with Crippen LogP contribution in [0.5, 0.6) is 11.5 Å². The number of thioether (sulfide) groups is 1. The molecular weight excluding hydrogens is 426 g/mol. The number of carbonyl (C=O) groups excluding carboxylic acids is 1. The molecule has 4 nitrogen and oxygen atoms in total. The van der Waals surface area contributed by atoms with Crippen molar-refractivity contribution in [3.8, 4) is 11.5 Å². The number of para-hydroxylation sites is 1. The highest BCUT2D eigenvalue weighted by Gasteiger charge is 2.33. The molecule has 1 atom stereocenters. The van der Waals surface area contributed by atoms with Crippen molar-refractivity contribution in [1.82, 2.24) is 0 Å². The van der Waals surface area contributed by atoms with Crippen LogP contribution in [0.3, 0.4) is 0 Å². The summed E-state index contributed by atoms with van der Waals surface area (Å²) in [6, 6.07) is 25.1. The van der Waals surface area contributed by atoms with Crippen molar-refractivity contribution in [3.05, 3.63) is 94.9 Å². The lowest BCUT2D eigenvalue weighted by Crippen LogP contribution is -2.27. The third-order valence-electron chi connectivity index (χ3n) is 4.87. The summed E-state index contributed by atoms with van der Waals surface area (Å²) in [7, 11) is 1.61. The average Bonchev–Trinajstić information content (AvgIpc) is 3.08. The Morgan fingerprint density at radius 2 is 1.65 bits per heavy atom. The fourth-order valence-electron chi connectivity index (χ4n) is 3.27. The standard InChI is InChI=1S/C25H21NO3S2/c1-17(19-9-5-3-6-10-19)29-21-14-13-18(15-22(21)28-2)16-23-24(27)26(25(30)31-23)20-11-7-4-8-12-20/h3-17H,1-2H3/b23-16+. The van der Waals surface area contributed by atoms with Gasteiger partial charge in [0.2, 0.25) is 0 Å². The molecule has 4 rings (SSSR count). The zero-order valence-electron chi connectivity index (χ0n) is 17.1. The molecule has 0 aromatic heterocycles. The minimum Gasteiger partial charge on any atom is -0.493 e. The first-order valence-corrected chi connectivity index (χ1v) is 11.0. The Hall–Kier alpha value is -3.09. The number of amides is 1. The van der Waals surface area contributed by atoms with Crippen molar-refractivity contribution in [2.75, 3.05) is 12.0 Å². The van der Waals surface area contributed by atoms with Gasteiger partial charge in [0.25, 0.3) is 5.91 Å². The fourth-order valence-corrected chi connectivity index (χ4v) is 4.57. The SMILES string of the molecule is COc1cc(/C=C2/SC(=S)N(c3ccccc3)C2=O)ccc1OC(C)c1ccccc1. The summed E-state index contributed by atoms with van der Waals surface area (Å²) < 4.78 is 12.2. The zero-order chi connectivity index (χ0) is 21.8. The van der Waals surface area contributed by atoms with Crippen LogP contribution in [0.15, 0.2) is 83.8 Å². The van der Waals surface area contributed by atoms with Crippen LogP contribution in [-0.4, -0.2) is 17.3 Å². The van der Waals surface area contributed by atoms with Crippen molar-refractivity contribution >= 4 is 46.0 Å². The number of carbonyl (C=O) groups is 1. The van der Waals surface area contributed by atoms with E-state index in [1.807, 2.05) is 91.9 Å². The van der Waals surface area contributed by atoms with Crippen molar-refractivity contribution in [1.29, 1.82) is 0 Å². The summed E-state index contributed by atoms with van der Waals surface area (Å²) >= 11 is 6.73. The van der Waals surface area contributed by atoms with Gasteiger partial charge in [-0.25, -0.2) is 0 Å². The van der Waals surface area contributed by atoms with E-state index in [2.05, 4.69) is 0 Å². The smallest absolute Gasteiger partial charge is 0.270 e. The van der Waals surface area contributed by atoms with Crippen LogP contribution >= 0.6 is 24.0 Å². The van der Waals surface area contributed by atoms with E-state index < -0.39 is 0 Å². The summed E-state index contributed by atoms with van der Waals surface area (Å²) in [5, 5.41) is 0. The van der Waals surface area contributed by atoms with Gasteiger partial charge >= 0.3 is 0 Å². The Labute approximate surface area is 191 Å². The van der Waals surface area contributed by atoms with Crippen LogP contribution in [0.2, 0.25) is 0 Å². The van der Waals surface area contributed by atoms with Crippen LogP contribution in [0.1, 0.15) is 24.2 Å². The predicted octanol–water partition coefficient (Wildman–Crippen LogP) is 6.24. The molecule has 1 heterocycles. The number of ether oxygens (including phenoxy) is 2. The molecule has 3 aromatic carbocycles. The third kappa shape index (κ3) is 4.65. The topological polar surface area (TPSA) is 38.8 Å². The van der Waals surface area contributed by atoms with E-state index in [1.54, 1.807) is 12.0 Å². The van der Waals surface area contributed by atoms with Gasteiger partial charge < -0.3 is 9.47 Å². The highest BCUT2D eigenvalue weighted by molar-refractivity contribution is 8.27. The number of methoxy groups -OCH3 is 1. The van der Waals surface area contributed by atoms with E-state index in [-0.39, 0.29) is 12.0 Å². The molecule has 6 heteroatoms. The molecule has 3 aromatic rings. The molecule has 1 amide bonds. The lowest BCUT2D eigenvalue weighted by atomic mass is 10.1. The Morgan fingerprint density at radius 1 is 0.968 bits per heavy atom. The van der Waals surface area contributed by atoms with Gasteiger partial charge in [-0.3, -0.25) is 9.69 Å². The van der Waals surface area contributed by atoms with E-state index in [4.69, 9.17) is 21.7 Å². The second kappa shape index (κ2) is 9.37.